The second-order valence-corrected chi connectivity index (χ2v) is 8.94. The maximum atomic E-state index is 14.2. The molecule has 0 aliphatic carbocycles. The largest absolute Gasteiger partial charge is 0.497 e. The highest BCUT2D eigenvalue weighted by molar-refractivity contribution is 5.65. The number of halogens is 4. The topological polar surface area (TPSA) is 76.8 Å². The van der Waals surface area contributed by atoms with Crippen molar-refractivity contribution in [3.63, 3.8) is 0 Å². The number of rotatable bonds is 8. The number of ether oxygens (including phenoxy) is 2. The molecular formula is C26H27F4N3O4. The molecule has 1 fully saturated rings. The third kappa shape index (κ3) is 6.40. The van der Waals surface area contributed by atoms with Crippen molar-refractivity contribution >= 4 is 6.09 Å². The monoisotopic (exact) mass is 521 g/mol. The Morgan fingerprint density at radius 2 is 1.84 bits per heavy atom. The third-order valence-electron chi connectivity index (χ3n) is 6.62. The first kappa shape index (κ1) is 26.5. The van der Waals surface area contributed by atoms with Crippen molar-refractivity contribution in [3.8, 4) is 11.4 Å². The maximum Gasteiger partial charge on any atom is 0.407 e. The minimum atomic E-state index is -4.67. The summed E-state index contributed by atoms with van der Waals surface area (Å²) in [6.07, 6.45) is -4.14. The van der Waals surface area contributed by atoms with Gasteiger partial charge in [-0.05, 0) is 60.9 Å². The molecule has 0 saturated carbocycles. The van der Waals surface area contributed by atoms with Gasteiger partial charge in [0.25, 0.3) is 0 Å². The van der Waals surface area contributed by atoms with Gasteiger partial charge in [-0.3, -0.25) is 0 Å². The minimum Gasteiger partial charge on any atom is -0.497 e. The smallest absolute Gasteiger partial charge is 0.407 e. The van der Waals surface area contributed by atoms with Crippen LogP contribution in [0, 0.1) is 11.7 Å². The molecule has 4 rings (SSSR count). The van der Waals surface area contributed by atoms with E-state index in [9.17, 15) is 27.5 Å². The lowest BCUT2D eigenvalue weighted by Gasteiger charge is -2.41. The number of hydrogen-bond acceptors (Lipinski definition) is 4. The molecule has 198 valence electrons. The number of aromatic nitrogens is 2. The molecule has 3 aromatic rings. The normalized spacial score (nSPS) is 19.0. The van der Waals surface area contributed by atoms with Crippen LogP contribution >= 0.6 is 0 Å². The van der Waals surface area contributed by atoms with E-state index >= 15 is 0 Å². The van der Waals surface area contributed by atoms with E-state index in [4.69, 9.17) is 9.47 Å². The highest BCUT2D eigenvalue weighted by atomic mass is 19.4. The Morgan fingerprint density at radius 1 is 1.14 bits per heavy atom. The second-order valence-electron chi connectivity index (χ2n) is 8.94. The maximum absolute atomic E-state index is 14.2. The van der Waals surface area contributed by atoms with Crippen molar-refractivity contribution in [1.82, 2.24) is 14.7 Å². The van der Waals surface area contributed by atoms with Gasteiger partial charge < -0.3 is 19.5 Å². The quantitative estimate of drug-likeness (QED) is 0.388. The number of piperidine rings is 1. The Morgan fingerprint density at radius 3 is 2.46 bits per heavy atom. The minimum absolute atomic E-state index is 0.0528. The summed E-state index contributed by atoms with van der Waals surface area (Å²) in [6.45, 7) is -0.790. The Hall–Kier alpha value is -3.60. The van der Waals surface area contributed by atoms with Crippen molar-refractivity contribution in [2.75, 3.05) is 20.3 Å². The van der Waals surface area contributed by atoms with Gasteiger partial charge in [0.15, 0.2) is 0 Å². The fourth-order valence-corrected chi connectivity index (χ4v) is 4.63. The van der Waals surface area contributed by atoms with Gasteiger partial charge in [-0.15, -0.1) is 0 Å². The summed E-state index contributed by atoms with van der Waals surface area (Å²) in [7, 11) is 1.51. The Labute approximate surface area is 211 Å². The fraction of sp³-hybridized carbons (Fsp3) is 0.385. The Balaban J connectivity index is 1.50. The van der Waals surface area contributed by atoms with E-state index < -0.39 is 36.7 Å². The summed E-state index contributed by atoms with van der Waals surface area (Å²) in [6, 6.07) is 12.8. The number of hydrogen-bond donors (Lipinski definition) is 1. The van der Waals surface area contributed by atoms with Crippen LogP contribution in [0.4, 0.5) is 22.4 Å². The van der Waals surface area contributed by atoms with Gasteiger partial charge in [0.05, 0.1) is 37.6 Å². The van der Waals surface area contributed by atoms with E-state index in [1.54, 1.807) is 48.7 Å². The average Bonchev–Trinajstić information content (AvgIpc) is 3.37. The highest BCUT2D eigenvalue weighted by Crippen LogP contribution is 2.40. The van der Waals surface area contributed by atoms with E-state index in [2.05, 4.69) is 5.10 Å². The molecule has 11 heteroatoms. The SMILES string of the molecule is COc1ccc(COCC([C@H]2CC(c3ccn(-c4ccc(F)cc4)n3)CCN2C(=O)O)C(F)(F)F)cc1. The molecule has 0 radical (unpaired) electrons. The first-order valence-corrected chi connectivity index (χ1v) is 11.7. The Kier molecular flexibility index (Phi) is 8.01. The van der Waals surface area contributed by atoms with Crippen LogP contribution in [0.15, 0.2) is 60.8 Å². The van der Waals surface area contributed by atoms with Crippen molar-refractivity contribution in [2.24, 2.45) is 5.92 Å². The summed E-state index contributed by atoms with van der Waals surface area (Å²) in [5.74, 6) is -2.17. The highest BCUT2D eigenvalue weighted by Gasteiger charge is 2.50. The molecule has 2 unspecified atom stereocenters. The summed E-state index contributed by atoms with van der Waals surface area (Å²) < 4.78 is 67.8. The number of alkyl halides is 3. The molecule has 1 aromatic heterocycles. The number of carboxylic acid groups (broad SMARTS) is 1. The first-order valence-electron chi connectivity index (χ1n) is 11.7. The van der Waals surface area contributed by atoms with Crippen molar-refractivity contribution in [3.05, 3.63) is 77.9 Å². The van der Waals surface area contributed by atoms with Crippen LogP contribution in [0.3, 0.4) is 0 Å². The zero-order valence-electron chi connectivity index (χ0n) is 20.1. The lowest BCUT2D eigenvalue weighted by molar-refractivity contribution is -0.207. The number of nitrogens with zero attached hydrogens (tertiary/aromatic N) is 3. The van der Waals surface area contributed by atoms with E-state index in [0.717, 1.165) is 4.90 Å². The molecule has 2 heterocycles. The molecular weight excluding hydrogens is 494 g/mol. The lowest BCUT2D eigenvalue weighted by atomic mass is 9.82. The van der Waals surface area contributed by atoms with Gasteiger partial charge in [-0.2, -0.15) is 18.3 Å². The summed E-state index contributed by atoms with van der Waals surface area (Å²) in [5, 5.41) is 14.1. The van der Waals surface area contributed by atoms with Gasteiger partial charge in [0.1, 0.15) is 11.6 Å². The molecule has 3 atom stereocenters. The molecule has 1 aliphatic rings. The summed E-state index contributed by atoms with van der Waals surface area (Å²) in [4.78, 5) is 12.7. The van der Waals surface area contributed by atoms with Gasteiger partial charge in [-0.1, -0.05) is 12.1 Å². The number of methoxy groups -OCH3 is 1. The van der Waals surface area contributed by atoms with Crippen LogP contribution in [0.25, 0.3) is 5.69 Å². The van der Waals surface area contributed by atoms with Crippen LogP contribution in [0.2, 0.25) is 0 Å². The van der Waals surface area contributed by atoms with Gasteiger partial charge in [0.2, 0.25) is 0 Å². The molecule has 2 aromatic carbocycles. The van der Waals surface area contributed by atoms with Crippen LogP contribution in [-0.4, -0.2) is 58.4 Å². The predicted molar refractivity (Wildman–Crippen MR) is 126 cm³/mol. The second kappa shape index (κ2) is 11.2. The number of carbonyl (C=O) groups is 1. The number of amides is 1. The molecule has 1 amide bonds. The number of likely N-dealkylation sites (tertiary alicyclic amines) is 1. The van der Waals surface area contributed by atoms with Crippen LogP contribution in [-0.2, 0) is 11.3 Å². The molecule has 1 aliphatic heterocycles. The lowest BCUT2D eigenvalue weighted by Crippen LogP contribution is -2.53. The number of benzene rings is 2. The fourth-order valence-electron chi connectivity index (χ4n) is 4.63. The summed E-state index contributed by atoms with van der Waals surface area (Å²) >= 11 is 0. The van der Waals surface area contributed by atoms with E-state index in [-0.39, 0.29) is 25.5 Å². The van der Waals surface area contributed by atoms with Crippen LogP contribution in [0.1, 0.15) is 30.0 Å². The summed E-state index contributed by atoms with van der Waals surface area (Å²) in [5.41, 5.74) is 1.83. The van der Waals surface area contributed by atoms with E-state index in [0.29, 0.717) is 29.1 Å². The predicted octanol–water partition coefficient (Wildman–Crippen LogP) is 5.64. The van der Waals surface area contributed by atoms with E-state index in [1.165, 1.54) is 23.9 Å². The van der Waals surface area contributed by atoms with Crippen LogP contribution in [0.5, 0.6) is 5.75 Å². The molecule has 1 saturated heterocycles. The molecule has 37 heavy (non-hydrogen) atoms. The zero-order chi connectivity index (χ0) is 26.6. The first-order chi connectivity index (χ1) is 17.7. The van der Waals surface area contributed by atoms with Crippen molar-refractivity contribution in [1.29, 1.82) is 0 Å². The molecule has 0 spiro atoms. The Bertz CT molecular complexity index is 1180. The molecule has 7 nitrogen and oxygen atoms in total. The third-order valence-corrected chi connectivity index (χ3v) is 6.62. The molecule has 0 bridgehead atoms. The van der Waals surface area contributed by atoms with Gasteiger partial charge >= 0.3 is 12.3 Å². The van der Waals surface area contributed by atoms with Crippen molar-refractivity contribution < 1.29 is 36.9 Å². The van der Waals surface area contributed by atoms with Gasteiger partial charge in [-0.25, -0.2) is 13.9 Å². The zero-order valence-corrected chi connectivity index (χ0v) is 20.1. The van der Waals surface area contributed by atoms with Crippen LogP contribution < -0.4 is 4.74 Å². The van der Waals surface area contributed by atoms with Gasteiger partial charge in [0, 0.05) is 24.7 Å². The van der Waals surface area contributed by atoms with Crippen molar-refractivity contribution in [2.45, 2.75) is 37.6 Å². The molecule has 1 N–H and O–H groups in total. The average molecular weight is 522 g/mol. The van der Waals surface area contributed by atoms with E-state index in [1.807, 2.05) is 0 Å². The standard InChI is InChI=1S/C26H27F4N3O4/c1-36-21-8-2-17(3-9-21)15-37-16-22(26(28,29)30)24-14-18(10-12-32(24)25(34)35)23-11-13-33(31-23)20-6-4-19(27)5-7-20/h2-9,11,13,18,22,24H,10,12,14-16H2,1H3,(H,34,35)/t18?,22?,24-/m1/s1.